The van der Waals surface area contributed by atoms with Crippen LogP contribution >= 0.6 is 0 Å². The minimum Gasteiger partial charge on any atom is -0.183 e. The van der Waals surface area contributed by atoms with Gasteiger partial charge in [0.1, 0.15) is 0 Å². The fraction of sp³-hybridized carbons (Fsp3) is 0. The van der Waals surface area contributed by atoms with Gasteiger partial charge in [-0.15, -0.1) is 0 Å². The van der Waals surface area contributed by atoms with Gasteiger partial charge in [-0.25, -0.2) is 0 Å². The van der Waals surface area contributed by atoms with Crippen molar-refractivity contribution in [1.82, 2.24) is 0 Å². The molecule has 0 aromatic rings. The molecule has 0 aliphatic rings. The van der Waals surface area contributed by atoms with E-state index in [4.69, 9.17) is 10.8 Å². The van der Waals surface area contributed by atoms with Gasteiger partial charge in [0.15, 0.2) is 0 Å². The topological polar surface area (TPSA) is 1640 Å². The van der Waals surface area contributed by atoms with Gasteiger partial charge in [-0.05, 0) is 88.7 Å². The van der Waals surface area contributed by atoms with E-state index in [0.717, 1.165) is 0 Å². The van der Waals surface area contributed by atoms with Crippen molar-refractivity contribution in [3.8, 4) is 6.19 Å². The van der Waals surface area contributed by atoms with Crippen LogP contribution in [-0.4, -0.2) is 0 Å². The number of hydrogen-bond donors (Lipinski definition) is 1. The third kappa shape index (κ3) is 103. The van der Waals surface area contributed by atoms with E-state index in [1.165, 1.54) is 6.19 Å². The van der Waals surface area contributed by atoms with Crippen LogP contribution < -0.4 is 0 Å². The van der Waals surface area contributed by atoms with Crippen molar-refractivity contribution in [2.75, 3.05) is 0 Å². The zero-order valence-corrected chi connectivity index (χ0v) is 59.1. The molecular formula is CHN131. The summed E-state index contributed by atoms with van der Waals surface area (Å²) in [7, 11) is 0. The Morgan fingerprint density at radius 1 is 0.0758 bits per heavy atom. The van der Waals surface area contributed by atoms with Gasteiger partial charge in [-0.3, -0.25) is 0 Å². The van der Waals surface area contributed by atoms with Crippen molar-refractivity contribution in [1.29, 1.82) is 10.8 Å². The summed E-state index contributed by atoms with van der Waals surface area (Å²) in [6.45, 7) is 0. The molecule has 132 heavy (non-hydrogen) atoms. The molecule has 0 aromatic carbocycles. The highest BCUT2D eigenvalue weighted by atomic mass is 15.8. The van der Waals surface area contributed by atoms with Crippen LogP contribution in [0.3, 0.4) is 0 Å². The van der Waals surface area contributed by atoms with Crippen molar-refractivity contribution >= 4 is 0 Å². The predicted molar refractivity (Wildman–Crippen MR) is 322 cm³/mol. The van der Waals surface area contributed by atoms with Gasteiger partial charge in [0.05, 0.1) is 0 Å². The highest BCUT2D eigenvalue weighted by molar-refractivity contribution is 4.56. The standard InChI is InChI=1S/CHN131/c2-1-4-6-8-10-12-14-16-18-20-22-24-26-28-30-32-34-36-38-40-42-44-46-48-50-52-54-56-58-60-62-64-66-68-70-72-74-76-78-80-82-84-86-88-90-92-94-96-98-100-102-104-106-108-110-112-114-116-118-120-122-124-126-128-130-132-131-129-127-125-123-121-119-117-115-113-111-109-107-105-103-101-99-97-95-93-91-89-87-85-83-81-79-77-75-73-71-69-67-65-63-61-59-57-55-53-51-49-47-45-43-41-39-37-35-33-31-29-27-25-23-21-19-17-15-13-11-9-7-5-3/h3H/b5-3?,6-4?,9-7+,10-8+,13-11+,14-12+,17-15+,18-16+,21-19+,22-20+,25-23+,26-24+,29-27+,30-28+,33-31+,34-32+,37-35+,38-36+,41-39+,42-40+,45-43+,46-44+,49-47+,50-48+,53-51+,54-52+,57-55+,58-56+,61-59+,62-60+,65-63+,66-64+,69-67+,70-68+,73-71+,74-72+,77-75+,78-76+,81-79+,82-80+,85-83+,86-84+,89-87+,90-88+,93-91+,94-92+,97-95+,98-96+,101-99+,102-100+,105-103+,106-104+,109-107+,110-108+,113-111+,114-112+,117-115+,118-116+,121-119+,122-120+,125-123+,126-124+,129-127+,130-128+,132-131+. The molecule has 0 aliphatic carbocycles. The van der Waals surface area contributed by atoms with E-state index in [1.54, 1.807) is 0 Å². The summed E-state index contributed by atoms with van der Waals surface area (Å²) < 4.78 is 0. The molecule has 0 rings (SSSR count). The van der Waals surface area contributed by atoms with Gasteiger partial charge in [0, 0.05) is 585 Å². The Morgan fingerprint density at radius 2 is 0.121 bits per heavy atom. The second kappa shape index (κ2) is 104. The minimum atomic E-state index is 1.31. The van der Waals surface area contributed by atoms with Crippen LogP contribution in [0.2, 0.25) is 0 Å². The molecule has 0 amide bonds. The summed E-state index contributed by atoms with van der Waals surface area (Å²) in [5.41, 5.74) is 6.27. The first-order chi connectivity index (χ1) is 65.9. The molecule has 0 aliphatic heterocycles. The monoisotopic (exact) mass is 1850 g/mol. The zero-order valence-electron chi connectivity index (χ0n) is 59.1. The van der Waals surface area contributed by atoms with Crippen LogP contribution in [0.4, 0.5) is 0 Å². The average molecular weight is 1850 g/mol. The summed E-state index contributed by atoms with van der Waals surface area (Å²) in [6, 6.07) is 0. The van der Waals surface area contributed by atoms with Gasteiger partial charge in [0.25, 0.3) is 0 Å². The molecule has 0 unspecified atom stereocenters. The Bertz CT molecular complexity index is 4890. The highest BCUT2D eigenvalue weighted by Gasteiger charge is 1.83. The lowest BCUT2D eigenvalue weighted by Crippen LogP contribution is -1.52. The number of rotatable bonds is 64. The van der Waals surface area contributed by atoms with E-state index < -0.39 is 0 Å². The Balaban J connectivity index is 4.14. The van der Waals surface area contributed by atoms with Gasteiger partial charge in [-0.2, -0.15) is 10.8 Å². The van der Waals surface area contributed by atoms with Crippen molar-refractivity contribution < 1.29 is 0 Å². The number of nitrogens with one attached hydrogen (secondary N) is 1. The Kier molecular flexibility index (Phi) is 83.5. The van der Waals surface area contributed by atoms with Gasteiger partial charge < -0.3 is 0 Å². The smallest absolute Gasteiger partial charge is 0.183 e. The summed E-state index contributed by atoms with van der Waals surface area (Å²) in [5, 5.41) is 393. The summed E-state index contributed by atoms with van der Waals surface area (Å²) >= 11 is 0. The van der Waals surface area contributed by atoms with E-state index in [0.29, 0.717) is 0 Å². The van der Waals surface area contributed by atoms with Crippen LogP contribution in [0.25, 0.3) is 0 Å². The lowest BCUT2D eigenvalue weighted by molar-refractivity contribution is 0.722. The van der Waals surface area contributed by atoms with E-state index in [1.807, 2.05) is 0 Å². The molecule has 0 bridgehead atoms. The lowest BCUT2D eigenvalue weighted by atomic mass is 11.5. The zero-order chi connectivity index (χ0) is 93.9. The molecule has 1 N–H and O–H groups in total. The van der Waals surface area contributed by atoms with Crippen LogP contribution in [0.5, 0.6) is 0 Å². The first kappa shape index (κ1) is 105. The largest absolute Gasteiger partial charge is 0.227 e. The molecule has 0 fully saturated rings. The second-order valence-corrected chi connectivity index (χ2v) is 11.7. The van der Waals surface area contributed by atoms with E-state index in [2.05, 4.69) is 674 Å². The fourth-order valence-electron chi connectivity index (χ4n) is 2.30. The van der Waals surface area contributed by atoms with E-state index >= 15 is 0 Å². The van der Waals surface area contributed by atoms with E-state index in [-0.39, 0.29) is 0 Å². The molecule has 0 atom stereocenters. The average Bonchev–Trinajstić information content (AvgIpc) is 1.11. The predicted octanol–water partition coefficient (Wildman–Crippen LogP) is 24.0. The molecule has 131 heteroatoms. The van der Waals surface area contributed by atoms with Crippen molar-refractivity contribution in [2.24, 2.45) is 674 Å². The van der Waals surface area contributed by atoms with Crippen molar-refractivity contribution in [3.63, 3.8) is 0 Å². The van der Waals surface area contributed by atoms with Gasteiger partial charge >= 0.3 is 0 Å². The quantitative estimate of drug-likeness (QED) is 0.0346. The number of nitriles is 1. The molecule has 0 saturated heterocycles. The molecule has 660 valence electrons. The molecule has 0 radical (unpaired) electrons. The Morgan fingerprint density at radius 3 is 0.167 bits per heavy atom. The third-order valence-corrected chi connectivity index (χ3v) is 5.17. The SMILES string of the molecule is N#CN=N/N=N/N=N/N=N/N=N/N=N/N=N/N=N/N=N/N=N/N=N/N=N/N=N/N=N/N=N/N=N/N=N/N=N/N=N/N=N/N=N/N=N/N=N/N=N/N=N/N=N/N=N/N=N/N=N/N=N/N=N/N=N/N=N/N=N/N=N/N=N/N=N/N=N/N=N/N=N/N=N/N=N/N=N/N=N/N=N/N=N/N=N/N=N/N=N/N=N/N=N/N=N/N=N/N=N/N=N/N=N/N=N/N=N/N=N/N=N/N=N/N=N/N=N/N=N/N=N. The Labute approximate surface area is 690 Å². The van der Waals surface area contributed by atoms with Crippen molar-refractivity contribution in [2.45, 2.75) is 0 Å². The molecule has 0 heterocycles. The maximum atomic E-state index is 8.04. The highest BCUT2D eigenvalue weighted by Crippen LogP contribution is 2.01. The number of hydrogen-bond acceptors (Lipinski definition) is 3. The van der Waals surface area contributed by atoms with Crippen molar-refractivity contribution in [3.05, 3.63) is 0 Å². The van der Waals surface area contributed by atoms with Crippen LogP contribution in [-0.2, 0) is 0 Å². The molecule has 131 nitrogen and oxygen atoms in total. The van der Waals surface area contributed by atoms with Crippen LogP contribution in [0, 0.1) is 17.0 Å². The normalized spacial score (nSPS) is 15.6. The maximum absolute atomic E-state index is 8.04. The summed E-state index contributed by atoms with van der Waals surface area (Å²) in [5.74, 6) is 0. The molecule has 0 saturated carbocycles. The van der Waals surface area contributed by atoms with Gasteiger partial charge in [0.2, 0.25) is 6.19 Å². The molecule has 0 spiro atoms. The lowest BCUT2D eigenvalue weighted by Gasteiger charge is -1.71. The van der Waals surface area contributed by atoms with E-state index in [9.17, 15) is 0 Å². The van der Waals surface area contributed by atoms with Crippen LogP contribution in [0.1, 0.15) is 0 Å². The summed E-state index contributed by atoms with van der Waals surface area (Å²) in [4.78, 5) is 0. The molecular weight excluding hydrogens is 1850 g/mol. The first-order valence-electron chi connectivity index (χ1n) is 26.3. The third-order valence-electron chi connectivity index (χ3n) is 5.17. The summed E-state index contributed by atoms with van der Waals surface area (Å²) in [6.07, 6.45) is 1.31. The maximum Gasteiger partial charge on any atom is 0.227 e. The molecule has 0 aromatic heterocycles. The first-order valence-corrected chi connectivity index (χ1v) is 26.3. The Hall–Kier alpha value is -26.5. The van der Waals surface area contributed by atoms with Crippen LogP contribution in [0.15, 0.2) is 674 Å². The number of nitrogens with zero attached hydrogens (tertiary/aromatic N) is 130. The fourth-order valence-corrected chi connectivity index (χ4v) is 2.30. The van der Waals surface area contributed by atoms with Gasteiger partial charge in [-0.1, -0.05) is 0 Å². The minimum absolute atomic E-state index is 1.31. The second-order valence-electron chi connectivity index (χ2n) is 11.7.